The highest BCUT2D eigenvalue weighted by atomic mass is 19.4. The van der Waals surface area contributed by atoms with Gasteiger partial charge in [0.1, 0.15) is 22.9 Å². The molecule has 0 unspecified atom stereocenters. The second-order valence-electron chi connectivity index (χ2n) is 9.65. The maximum absolute atomic E-state index is 14.8. The lowest BCUT2D eigenvalue weighted by Crippen LogP contribution is -2.35. The van der Waals surface area contributed by atoms with Gasteiger partial charge < -0.3 is 18.9 Å². The van der Waals surface area contributed by atoms with Gasteiger partial charge in [0.15, 0.2) is 17.9 Å². The molecule has 0 bridgehead atoms. The van der Waals surface area contributed by atoms with E-state index in [0.29, 0.717) is 60.4 Å². The minimum atomic E-state index is -5.22. The highest BCUT2D eigenvalue weighted by Gasteiger charge is 2.42. The number of alkyl halides is 5. The summed E-state index contributed by atoms with van der Waals surface area (Å²) >= 11 is 0. The quantitative estimate of drug-likeness (QED) is 0.266. The van der Waals surface area contributed by atoms with Crippen LogP contribution < -0.4 is 9.47 Å². The first-order chi connectivity index (χ1) is 18.9. The van der Waals surface area contributed by atoms with E-state index in [4.69, 9.17) is 9.47 Å². The van der Waals surface area contributed by atoms with Gasteiger partial charge in [-0.2, -0.15) is 8.78 Å². The van der Waals surface area contributed by atoms with Crippen molar-refractivity contribution in [1.82, 2.24) is 0 Å². The molecule has 214 valence electrons. The lowest BCUT2D eigenvalue weighted by Gasteiger charge is -2.38. The molecule has 3 aromatic rings. The summed E-state index contributed by atoms with van der Waals surface area (Å²) in [5.74, 6) is -6.28. The van der Waals surface area contributed by atoms with Gasteiger partial charge in [-0.05, 0) is 41.3 Å². The molecule has 5 rings (SSSR count). The van der Waals surface area contributed by atoms with E-state index < -0.39 is 53.3 Å². The number of hydrogen-bond donors (Lipinski definition) is 0. The van der Waals surface area contributed by atoms with Crippen LogP contribution in [0.25, 0.3) is 11.1 Å². The Bertz CT molecular complexity index is 1320. The average molecular weight is 574 g/mol. The fraction of sp³-hybridized carbons (Fsp3) is 0.357. The van der Waals surface area contributed by atoms with Gasteiger partial charge in [0.25, 0.3) is 0 Å². The van der Waals surface area contributed by atoms with Crippen LogP contribution in [-0.2, 0) is 15.6 Å². The van der Waals surface area contributed by atoms with Crippen molar-refractivity contribution in [3.05, 3.63) is 83.2 Å². The molecular weight excluding hydrogens is 552 g/mol. The molecule has 2 fully saturated rings. The van der Waals surface area contributed by atoms with E-state index in [1.54, 1.807) is 12.1 Å². The van der Waals surface area contributed by atoms with E-state index in [0.717, 1.165) is 0 Å². The van der Waals surface area contributed by atoms with Crippen molar-refractivity contribution in [1.29, 1.82) is 0 Å². The standard InChI is InChI=1S/C28H22F8O4/c29-21-12-20(8-9-24(21)40-28(34,35)36)39-27(32,33)25-22(30)10-18(11-23(25)31)16-4-6-17(7-5-16)26-37-13-19(14-38-26)15-2-1-3-15/h4-12,15,19,26H,1-3,13-14H2. The zero-order valence-electron chi connectivity index (χ0n) is 20.6. The molecule has 40 heavy (non-hydrogen) atoms. The number of benzene rings is 3. The number of ether oxygens (including phenoxy) is 4. The number of rotatable bonds is 7. The summed E-state index contributed by atoms with van der Waals surface area (Å²) in [6.07, 6.45) is -6.88. The Balaban J connectivity index is 1.28. The van der Waals surface area contributed by atoms with Gasteiger partial charge in [-0.25, -0.2) is 13.2 Å². The first-order valence-electron chi connectivity index (χ1n) is 12.3. The normalized spacial score (nSPS) is 20.2. The van der Waals surface area contributed by atoms with E-state index in [9.17, 15) is 35.1 Å². The van der Waals surface area contributed by atoms with Crippen molar-refractivity contribution < 1.29 is 54.1 Å². The van der Waals surface area contributed by atoms with E-state index in [1.165, 1.54) is 31.4 Å². The molecule has 0 N–H and O–H groups in total. The summed E-state index contributed by atoms with van der Waals surface area (Å²) < 4.78 is 129. The topological polar surface area (TPSA) is 36.9 Å². The minimum Gasteiger partial charge on any atom is -0.429 e. The Kier molecular flexibility index (Phi) is 7.66. The Hall–Kier alpha value is -3.38. The molecule has 4 nitrogen and oxygen atoms in total. The molecule has 0 amide bonds. The van der Waals surface area contributed by atoms with Crippen LogP contribution in [0.2, 0.25) is 0 Å². The molecule has 1 aliphatic heterocycles. The van der Waals surface area contributed by atoms with Gasteiger partial charge in [0.05, 0.1) is 13.2 Å². The highest BCUT2D eigenvalue weighted by molar-refractivity contribution is 5.64. The third-order valence-electron chi connectivity index (χ3n) is 6.96. The van der Waals surface area contributed by atoms with Crippen molar-refractivity contribution in [2.24, 2.45) is 11.8 Å². The molecule has 2 aliphatic rings. The van der Waals surface area contributed by atoms with Crippen molar-refractivity contribution in [2.75, 3.05) is 13.2 Å². The van der Waals surface area contributed by atoms with Crippen molar-refractivity contribution in [3.63, 3.8) is 0 Å². The summed E-state index contributed by atoms with van der Waals surface area (Å²) in [5.41, 5.74) is -0.791. The fourth-order valence-electron chi connectivity index (χ4n) is 4.70. The van der Waals surface area contributed by atoms with Crippen LogP contribution in [-0.4, -0.2) is 19.6 Å². The maximum atomic E-state index is 14.8. The van der Waals surface area contributed by atoms with E-state index >= 15 is 0 Å². The first kappa shape index (κ1) is 28.2. The zero-order valence-corrected chi connectivity index (χ0v) is 20.6. The average Bonchev–Trinajstić information content (AvgIpc) is 2.84. The first-order valence-corrected chi connectivity index (χ1v) is 12.3. The summed E-state index contributed by atoms with van der Waals surface area (Å²) in [4.78, 5) is 0. The van der Waals surface area contributed by atoms with Gasteiger partial charge in [-0.15, -0.1) is 13.2 Å². The van der Waals surface area contributed by atoms with Gasteiger partial charge in [-0.3, -0.25) is 0 Å². The number of hydrogen-bond acceptors (Lipinski definition) is 4. The van der Waals surface area contributed by atoms with E-state index in [-0.39, 0.29) is 11.6 Å². The molecule has 12 heteroatoms. The fourth-order valence-corrected chi connectivity index (χ4v) is 4.70. The molecule has 1 aliphatic carbocycles. The second-order valence-corrected chi connectivity index (χ2v) is 9.65. The van der Waals surface area contributed by atoms with Crippen LogP contribution >= 0.6 is 0 Å². The lowest BCUT2D eigenvalue weighted by molar-refractivity contribution is -0.275. The molecule has 0 spiro atoms. The van der Waals surface area contributed by atoms with Gasteiger partial charge in [0, 0.05) is 17.5 Å². The van der Waals surface area contributed by atoms with Crippen molar-refractivity contribution in [3.8, 4) is 22.6 Å². The Morgan fingerprint density at radius 2 is 1.30 bits per heavy atom. The summed E-state index contributed by atoms with van der Waals surface area (Å²) in [6, 6.07) is 8.84. The largest absolute Gasteiger partial charge is 0.573 e. The van der Waals surface area contributed by atoms with Crippen LogP contribution in [0.3, 0.4) is 0 Å². The maximum Gasteiger partial charge on any atom is 0.573 e. The molecule has 0 atom stereocenters. The summed E-state index contributed by atoms with van der Waals surface area (Å²) in [5, 5.41) is 0. The SMILES string of the molecule is Fc1cc(OC(F)(F)c2c(F)cc(-c3ccc(C4OCC(C5CCC5)CO4)cc3)cc2F)ccc1OC(F)(F)F. The monoisotopic (exact) mass is 574 g/mol. The zero-order chi connectivity index (χ0) is 28.7. The van der Waals surface area contributed by atoms with Crippen molar-refractivity contribution in [2.45, 2.75) is 38.0 Å². The molecule has 0 aromatic heterocycles. The number of halogens is 8. The van der Waals surface area contributed by atoms with Crippen LogP contribution in [0.4, 0.5) is 35.1 Å². The van der Waals surface area contributed by atoms with E-state index in [1.807, 2.05) is 0 Å². The Labute approximate surface area is 223 Å². The minimum absolute atomic E-state index is 0.0451. The Morgan fingerprint density at radius 3 is 1.82 bits per heavy atom. The van der Waals surface area contributed by atoms with E-state index in [2.05, 4.69) is 9.47 Å². The third-order valence-corrected chi connectivity index (χ3v) is 6.96. The smallest absolute Gasteiger partial charge is 0.429 e. The predicted octanol–water partition coefficient (Wildman–Crippen LogP) is 8.26. The third kappa shape index (κ3) is 6.17. The molecule has 1 saturated heterocycles. The van der Waals surface area contributed by atoms with Gasteiger partial charge in [0.2, 0.25) is 0 Å². The van der Waals surface area contributed by atoms with Crippen LogP contribution in [0.5, 0.6) is 11.5 Å². The second kappa shape index (κ2) is 10.9. The summed E-state index contributed by atoms with van der Waals surface area (Å²) in [6.45, 7) is 1.15. The van der Waals surface area contributed by atoms with Crippen LogP contribution in [0.1, 0.15) is 36.7 Å². The molecule has 3 aromatic carbocycles. The molecular formula is C28H22F8O4. The highest BCUT2D eigenvalue weighted by Crippen LogP contribution is 2.40. The molecule has 1 saturated carbocycles. The van der Waals surface area contributed by atoms with Crippen LogP contribution in [0.15, 0.2) is 54.6 Å². The van der Waals surface area contributed by atoms with Gasteiger partial charge >= 0.3 is 12.5 Å². The predicted molar refractivity (Wildman–Crippen MR) is 125 cm³/mol. The summed E-state index contributed by atoms with van der Waals surface area (Å²) in [7, 11) is 0. The van der Waals surface area contributed by atoms with Crippen LogP contribution in [0, 0.1) is 29.3 Å². The Morgan fingerprint density at radius 1 is 0.675 bits per heavy atom. The lowest BCUT2D eigenvalue weighted by atomic mass is 9.76. The molecule has 1 heterocycles. The van der Waals surface area contributed by atoms with Gasteiger partial charge in [-0.1, -0.05) is 43.5 Å². The van der Waals surface area contributed by atoms with Crippen molar-refractivity contribution >= 4 is 0 Å². The molecule has 0 radical (unpaired) electrons.